The van der Waals surface area contributed by atoms with Crippen LogP contribution in [0, 0.1) is 16.0 Å². The van der Waals surface area contributed by atoms with E-state index >= 15 is 0 Å². The molecule has 6 nitrogen and oxygen atoms in total. The van der Waals surface area contributed by atoms with Crippen LogP contribution < -0.4 is 10.4 Å². The topological polar surface area (TPSA) is 95.3 Å². The van der Waals surface area contributed by atoms with Crippen molar-refractivity contribution >= 4 is 51.5 Å². The molecular weight excluding hydrogens is 508 g/mol. The number of nitrogens with zero attached hydrogens (tertiary/aromatic N) is 1. The zero-order valence-corrected chi connectivity index (χ0v) is 21.1. The maximum absolute atomic E-state index is 12.1. The first-order valence-electron chi connectivity index (χ1n) is 12.1. The van der Waals surface area contributed by atoms with E-state index < -0.39 is 5.97 Å². The number of hydrogen-bond donors (Lipinski definition) is 1. The maximum Gasteiger partial charge on any atom is 0.282 e. The van der Waals surface area contributed by atoms with Gasteiger partial charge >= 0.3 is 0 Å². The van der Waals surface area contributed by atoms with Gasteiger partial charge in [0.15, 0.2) is 0 Å². The zero-order chi connectivity index (χ0) is 25.7. The number of benzene rings is 4. The number of carboxylic acid groups (broad SMARTS) is 1. The molecule has 0 amide bonds. The van der Waals surface area contributed by atoms with Crippen molar-refractivity contribution < 1.29 is 14.8 Å². The van der Waals surface area contributed by atoms with Crippen LogP contribution in [0.15, 0.2) is 89.8 Å². The maximum atomic E-state index is 12.1. The molecule has 1 heterocycles. The van der Waals surface area contributed by atoms with Gasteiger partial charge in [-0.3, -0.25) is 10.1 Å². The Morgan fingerprint density at radius 2 is 1.65 bits per heavy atom. The number of carbonyl (C=O) groups is 1. The van der Waals surface area contributed by atoms with Crippen molar-refractivity contribution in [3.63, 3.8) is 0 Å². The first-order valence-corrected chi connectivity index (χ1v) is 13.4. The van der Waals surface area contributed by atoms with Crippen LogP contribution in [-0.2, 0) is 0 Å². The molecule has 1 aliphatic carbocycles. The quantitative estimate of drug-likeness (QED) is 0.189. The van der Waals surface area contributed by atoms with Crippen LogP contribution in [0.3, 0.4) is 0 Å². The highest BCUT2D eigenvalue weighted by Gasteiger charge is 2.51. The lowest BCUT2D eigenvalue weighted by Crippen LogP contribution is -2.34. The summed E-state index contributed by atoms with van der Waals surface area (Å²) >= 11 is 8.62. The second kappa shape index (κ2) is 9.39. The molecule has 1 aliphatic heterocycles. The van der Waals surface area contributed by atoms with Crippen molar-refractivity contribution in [3.8, 4) is 0 Å². The predicted octanol–water partition coefficient (Wildman–Crippen LogP) is 6.15. The van der Waals surface area contributed by atoms with Crippen LogP contribution in [0.4, 0.5) is 11.4 Å². The number of thioether (sulfide) groups is 1. The molecule has 1 saturated carbocycles. The minimum atomic E-state index is -1.24. The smallest absolute Gasteiger partial charge is 0.282 e. The highest BCUT2D eigenvalue weighted by Crippen LogP contribution is 2.59. The van der Waals surface area contributed by atoms with Crippen LogP contribution >= 0.6 is 23.4 Å². The first kappa shape index (κ1) is 23.8. The summed E-state index contributed by atoms with van der Waals surface area (Å²) < 4.78 is 0. The fourth-order valence-corrected chi connectivity index (χ4v) is 7.96. The molecule has 6 rings (SSSR count). The van der Waals surface area contributed by atoms with E-state index in [9.17, 15) is 20.0 Å². The molecule has 8 heteroatoms. The number of rotatable bonds is 5. The summed E-state index contributed by atoms with van der Waals surface area (Å²) in [4.78, 5) is 23.9. The zero-order valence-electron chi connectivity index (χ0n) is 19.5. The van der Waals surface area contributed by atoms with E-state index in [1.165, 1.54) is 17.8 Å². The standard InChI is InChI=1S/C29H23ClN2O4S/c30-26-24(37-23-14-4-3-13-22(23)32(35)36)15-21-25(26)19-11-6-12-20(29(33)34)28(19)31-27(21)18-10-5-8-16-7-1-2-9-17(16)18/h1-14,21,24-27,31H,15H2,(H,33,34)/p-1/t21-,24+,25-,26+,27+/m1/s1. The number of carbonyl (C=O) groups excluding carboxylic acids is 1. The van der Waals surface area contributed by atoms with Gasteiger partial charge in [-0.25, -0.2) is 0 Å². The SMILES string of the molecule is O=C([O-])c1cccc2c1N[C@@H](c1cccc3ccccc13)[C@@H]1C[C@H](Sc3ccccc3[N+](=O)[O-])[C@H](Cl)[C@H]21. The third-order valence-electron chi connectivity index (χ3n) is 7.57. The average Bonchev–Trinajstić information content (AvgIpc) is 3.23. The van der Waals surface area contributed by atoms with Crippen molar-refractivity contribution in [3.05, 3.63) is 112 Å². The summed E-state index contributed by atoms with van der Waals surface area (Å²) in [6.45, 7) is 0. The highest BCUT2D eigenvalue weighted by atomic mass is 35.5. The molecule has 0 spiro atoms. The molecule has 4 aromatic carbocycles. The van der Waals surface area contributed by atoms with Crippen molar-refractivity contribution in [2.75, 3.05) is 5.32 Å². The van der Waals surface area contributed by atoms with Crippen LogP contribution in [0.25, 0.3) is 10.8 Å². The molecule has 0 aromatic heterocycles. The molecule has 0 unspecified atom stereocenters. The lowest BCUT2D eigenvalue weighted by molar-refractivity contribution is -0.387. The molecule has 37 heavy (non-hydrogen) atoms. The van der Waals surface area contributed by atoms with E-state index in [1.807, 2.05) is 24.3 Å². The number of halogens is 1. The molecule has 1 N–H and O–H groups in total. The monoisotopic (exact) mass is 529 g/mol. The number of anilines is 1. The minimum Gasteiger partial charge on any atom is -0.545 e. The summed E-state index contributed by atoms with van der Waals surface area (Å²) in [6, 6.07) is 26.0. The third-order valence-corrected chi connectivity index (χ3v) is 9.68. The molecule has 1 fully saturated rings. The molecule has 0 saturated heterocycles. The molecule has 0 radical (unpaired) electrons. The largest absolute Gasteiger partial charge is 0.545 e. The number of nitrogens with one attached hydrogen (secondary N) is 1. The number of hydrogen-bond acceptors (Lipinski definition) is 6. The van der Waals surface area contributed by atoms with Gasteiger partial charge in [-0.2, -0.15) is 0 Å². The van der Waals surface area contributed by atoms with Gasteiger partial charge in [0.1, 0.15) is 0 Å². The van der Waals surface area contributed by atoms with Crippen molar-refractivity contribution in [2.24, 2.45) is 5.92 Å². The van der Waals surface area contributed by atoms with Gasteiger partial charge in [-0.15, -0.1) is 23.4 Å². The third kappa shape index (κ3) is 4.03. The lowest BCUT2D eigenvalue weighted by atomic mass is 9.75. The van der Waals surface area contributed by atoms with E-state index in [4.69, 9.17) is 11.6 Å². The summed E-state index contributed by atoms with van der Waals surface area (Å²) in [5.74, 6) is -1.33. The summed E-state index contributed by atoms with van der Waals surface area (Å²) in [5.41, 5.74) is 2.65. The van der Waals surface area contributed by atoms with Crippen molar-refractivity contribution in [1.29, 1.82) is 0 Å². The number of para-hydroxylation sites is 2. The van der Waals surface area contributed by atoms with E-state index in [-0.39, 0.29) is 44.7 Å². The Morgan fingerprint density at radius 1 is 0.946 bits per heavy atom. The average molecular weight is 530 g/mol. The predicted molar refractivity (Wildman–Crippen MR) is 144 cm³/mol. The minimum absolute atomic E-state index is 0.0538. The normalized spacial score (nSPS) is 24.2. The Morgan fingerprint density at radius 3 is 2.46 bits per heavy atom. The highest BCUT2D eigenvalue weighted by molar-refractivity contribution is 8.00. The van der Waals surface area contributed by atoms with Crippen LogP contribution in [-0.4, -0.2) is 21.5 Å². The second-order valence-electron chi connectivity index (χ2n) is 9.50. The van der Waals surface area contributed by atoms with Gasteiger partial charge in [0.2, 0.25) is 0 Å². The lowest BCUT2D eigenvalue weighted by Gasteiger charge is -2.40. The van der Waals surface area contributed by atoms with Crippen LogP contribution in [0.5, 0.6) is 0 Å². The number of nitro benzene ring substituents is 1. The number of alkyl halides is 1. The number of aromatic carboxylic acids is 1. The van der Waals surface area contributed by atoms with Gasteiger partial charge in [0.25, 0.3) is 5.69 Å². The first-order chi connectivity index (χ1) is 17.9. The Bertz CT molecular complexity index is 1540. The molecule has 0 bridgehead atoms. The van der Waals surface area contributed by atoms with E-state index in [0.29, 0.717) is 17.0 Å². The van der Waals surface area contributed by atoms with E-state index in [1.54, 1.807) is 30.3 Å². The Hall–Kier alpha value is -3.55. The van der Waals surface area contributed by atoms with Crippen LogP contribution in [0.1, 0.15) is 39.9 Å². The number of carboxylic acids is 1. The summed E-state index contributed by atoms with van der Waals surface area (Å²) in [7, 11) is 0. The van der Waals surface area contributed by atoms with Crippen molar-refractivity contribution in [1.82, 2.24) is 0 Å². The Labute approximate surface area is 222 Å². The van der Waals surface area contributed by atoms with E-state index in [2.05, 4.69) is 29.6 Å². The number of nitro groups is 1. The fraction of sp³-hybridized carbons (Fsp3) is 0.207. The molecule has 186 valence electrons. The van der Waals surface area contributed by atoms with Crippen molar-refractivity contribution in [2.45, 2.75) is 33.9 Å². The van der Waals surface area contributed by atoms with Gasteiger partial charge in [0.05, 0.1) is 27.2 Å². The van der Waals surface area contributed by atoms with Gasteiger partial charge in [-0.1, -0.05) is 72.8 Å². The molecule has 2 aliphatic rings. The summed E-state index contributed by atoms with van der Waals surface area (Å²) in [6.07, 6.45) is 0.714. The summed E-state index contributed by atoms with van der Waals surface area (Å²) in [5, 5.41) is 29.0. The Balaban J connectivity index is 1.47. The number of fused-ring (bicyclic) bond motifs is 4. The van der Waals surface area contributed by atoms with E-state index in [0.717, 1.165) is 21.9 Å². The molecular formula is C29H22ClN2O4S-. The molecule has 5 atom stereocenters. The van der Waals surface area contributed by atoms with Gasteiger partial charge in [-0.05, 0) is 40.3 Å². The second-order valence-corrected chi connectivity index (χ2v) is 11.3. The van der Waals surface area contributed by atoms with Crippen LogP contribution in [0.2, 0.25) is 0 Å². The fourth-order valence-electron chi connectivity index (χ4n) is 6.01. The molecule has 4 aromatic rings. The van der Waals surface area contributed by atoms with Gasteiger partial charge < -0.3 is 15.2 Å². The Kier molecular flexibility index (Phi) is 6.05. The van der Waals surface area contributed by atoms with Gasteiger partial charge in [0, 0.05) is 28.5 Å².